The molecule has 0 fully saturated rings. The fourth-order valence-electron chi connectivity index (χ4n) is 2.09. The van der Waals surface area contributed by atoms with Gasteiger partial charge in [0.25, 0.3) is 0 Å². The van der Waals surface area contributed by atoms with Crippen LogP contribution in [0, 0.1) is 0 Å². The second-order valence-corrected chi connectivity index (χ2v) is 12.4. The van der Waals surface area contributed by atoms with Crippen LogP contribution in [0.15, 0.2) is 24.3 Å². The highest BCUT2D eigenvalue weighted by Gasteiger charge is 2.27. The van der Waals surface area contributed by atoms with Gasteiger partial charge in [0.15, 0.2) is 0 Å². The van der Waals surface area contributed by atoms with Gasteiger partial charge in [-0.25, -0.2) is 0 Å². The normalized spacial score (nSPS) is 14.8. The van der Waals surface area contributed by atoms with E-state index in [0.717, 1.165) is 0 Å². The van der Waals surface area contributed by atoms with Crippen molar-refractivity contribution < 1.29 is 5.11 Å². The summed E-state index contributed by atoms with van der Waals surface area (Å²) in [5.41, 5.74) is 3.19. The minimum atomic E-state index is -1.34. The van der Waals surface area contributed by atoms with Gasteiger partial charge in [0.2, 0.25) is 0 Å². The lowest BCUT2D eigenvalue weighted by molar-refractivity contribution is 0.290. The van der Waals surface area contributed by atoms with Crippen molar-refractivity contribution in [3.63, 3.8) is 0 Å². The molecule has 2 heteroatoms. The molecule has 0 bridgehead atoms. The Kier molecular flexibility index (Phi) is 4.21. The highest BCUT2D eigenvalue weighted by atomic mass is 28.3. The molecule has 0 amide bonds. The smallest absolute Gasteiger partial charge is 0.0550 e. The first-order valence-electron chi connectivity index (χ1n) is 6.37. The molecule has 1 unspecified atom stereocenters. The molecule has 1 aromatic carbocycles. The monoisotopic (exact) mass is 250 g/mol. The molecule has 1 aromatic rings. The third-order valence-corrected chi connectivity index (χ3v) is 6.01. The molecule has 0 aliphatic heterocycles. The molecular weight excluding hydrogens is 224 g/mol. The molecule has 1 atom stereocenters. The lowest BCUT2D eigenvalue weighted by Gasteiger charge is -2.28. The van der Waals surface area contributed by atoms with Gasteiger partial charge in [-0.05, 0) is 16.5 Å². The van der Waals surface area contributed by atoms with E-state index in [2.05, 4.69) is 64.7 Å². The van der Waals surface area contributed by atoms with E-state index >= 15 is 0 Å². The van der Waals surface area contributed by atoms with Gasteiger partial charge in [-0.3, -0.25) is 0 Å². The lowest BCUT2D eigenvalue weighted by atomic mass is 9.86. The molecule has 0 radical (unpaired) electrons. The first kappa shape index (κ1) is 14.5. The van der Waals surface area contributed by atoms with E-state index in [1.165, 1.54) is 11.1 Å². The number of benzene rings is 1. The van der Waals surface area contributed by atoms with E-state index in [1.807, 2.05) is 0 Å². The standard InChI is InChI=1S/C15H26OSi/c1-15(2,3)13-9-7-12(8-10-13)14(11-16)17(4,5)6/h7-10,14,16H,11H2,1-6H3. The minimum Gasteiger partial charge on any atom is -0.396 e. The Morgan fingerprint density at radius 3 is 1.82 bits per heavy atom. The summed E-state index contributed by atoms with van der Waals surface area (Å²) in [6, 6.07) is 8.80. The Morgan fingerprint density at radius 1 is 1.06 bits per heavy atom. The van der Waals surface area contributed by atoms with Crippen LogP contribution in [-0.4, -0.2) is 19.8 Å². The number of aliphatic hydroxyl groups is 1. The predicted octanol–water partition coefficient (Wildman–Crippen LogP) is 3.94. The van der Waals surface area contributed by atoms with Crippen LogP contribution in [0.4, 0.5) is 0 Å². The number of hydrogen-bond donors (Lipinski definition) is 1. The second-order valence-electron chi connectivity index (χ2n) is 6.97. The number of aliphatic hydroxyl groups excluding tert-OH is 1. The first-order chi connectivity index (χ1) is 7.66. The second kappa shape index (κ2) is 4.95. The molecule has 0 saturated heterocycles. The Labute approximate surface area is 107 Å². The summed E-state index contributed by atoms with van der Waals surface area (Å²) in [6.07, 6.45) is 0. The van der Waals surface area contributed by atoms with Gasteiger partial charge in [0, 0.05) is 12.1 Å². The van der Waals surface area contributed by atoms with Crippen molar-refractivity contribution in [2.24, 2.45) is 0 Å². The Bertz CT molecular complexity index is 354. The summed E-state index contributed by atoms with van der Waals surface area (Å²) in [7, 11) is -1.34. The van der Waals surface area contributed by atoms with E-state index < -0.39 is 8.07 Å². The van der Waals surface area contributed by atoms with Crippen molar-refractivity contribution in [2.75, 3.05) is 6.61 Å². The van der Waals surface area contributed by atoms with Gasteiger partial charge < -0.3 is 5.11 Å². The van der Waals surface area contributed by atoms with Crippen molar-refractivity contribution >= 4 is 8.07 Å². The summed E-state index contributed by atoms with van der Waals surface area (Å²) in [4.78, 5) is 0. The summed E-state index contributed by atoms with van der Waals surface area (Å²) in [5, 5.41) is 9.58. The van der Waals surface area contributed by atoms with Crippen LogP contribution in [0.25, 0.3) is 0 Å². The molecule has 0 aliphatic rings. The van der Waals surface area contributed by atoms with Crippen LogP contribution in [0.1, 0.15) is 37.4 Å². The Hall–Kier alpha value is -0.603. The molecular formula is C15H26OSi. The van der Waals surface area contributed by atoms with Crippen LogP contribution in [-0.2, 0) is 5.41 Å². The van der Waals surface area contributed by atoms with Crippen molar-refractivity contribution in [2.45, 2.75) is 51.4 Å². The zero-order valence-electron chi connectivity index (χ0n) is 12.0. The van der Waals surface area contributed by atoms with Crippen molar-refractivity contribution in [1.82, 2.24) is 0 Å². The molecule has 0 spiro atoms. The molecule has 1 rings (SSSR count). The molecule has 17 heavy (non-hydrogen) atoms. The fraction of sp³-hybridized carbons (Fsp3) is 0.600. The van der Waals surface area contributed by atoms with Crippen molar-refractivity contribution in [3.05, 3.63) is 35.4 Å². The number of rotatable bonds is 3. The zero-order chi connectivity index (χ0) is 13.3. The Morgan fingerprint density at radius 2 is 1.53 bits per heavy atom. The van der Waals surface area contributed by atoms with Crippen molar-refractivity contribution in [3.8, 4) is 0 Å². The SMILES string of the molecule is CC(C)(C)c1ccc(C(CO)[Si](C)(C)C)cc1. The highest BCUT2D eigenvalue weighted by Crippen LogP contribution is 2.29. The average molecular weight is 250 g/mol. The van der Waals surface area contributed by atoms with Crippen LogP contribution in [0.2, 0.25) is 19.6 Å². The van der Waals surface area contributed by atoms with Crippen LogP contribution >= 0.6 is 0 Å². The quantitative estimate of drug-likeness (QED) is 0.806. The maximum atomic E-state index is 9.58. The molecule has 1 N–H and O–H groups in total. The van der Waals surface area contributed by atoms with Gasteiger partial charge in [-0.1, -0.05) is 64.7 Å². The van der Waals surface area contributed by atoms with E-state index in [1.54, 1.807) is 0 Å². The zero-order valence-corrected chi connectivity index (χ0v) is 13.0. The molecule has 0 saturated carbocycles. The van der Waals surface area contributed by atoms with Crippen LogP contribution < -0.4 is 0 Å². The van der Waals surface area contributed by atoms with Gasteiger partial charge >= 0.3 is 0 Å². The number of hydrogen-bond acceptors (Lipinski definition) is 1. The van der Waals surface area contributed by atoms with Crippen LogP contribution in [0.5, 0.6) is 0 Å². The van der Waals surface area contributed by atoms with E-state index in [0.29, 0.717) is 5.54 Å². The van der Waals surface area contributed by atoms with E-state index in [4.69, 9.17) is 0 Å². The summed E-state index contributed by atoms with van der Waals surface area (Å²) >= 11 is 0. The molecule has 0 aliphatic carbocycles. The summed E-state index contributed by atoms with van der Waals surface area (Å²) in [6.45, 7) is 13.9. The molecule has 96 valence electrons. The van der Waals surface area contributed by atoms with Crippen LogP contribution in [0.3, 0.4) is 0 Å². The van der Waals surface area contributed by atoms with Gasteiger partial charge in [0.1, 0.15) is 0 Å². The topological polar surface area (TPSA) is 20.2 Å². The summed E-state index contributed by atoms with van der Waals surface area (Å²) in [5.74, 6) is 0. The minimum absolute atomic E-state index is 0.201. The van der Waals surface area contributed by atoms with Gasteiger partial charge in [0.05, 0.1) is 8.07 Å². The molecule has 0 aromatic heterocycles. The largest absolute Gasteiger partial charge is 0.396 e. The highest BCUT2D eigenvalue weighted by molar-refractivity contribution is 6.77. The molecule has 1 nitrogen and oxygen atoms in total. The van der Waals surface area contributed by atoms with Gasteiger partial charge in [-0.2, -0.15) is 0 Å². The average Bonchev–Trinajstić information content (AvgIpc) is 2.16. The maximum absolute atomic E-state index is 9.58. The van der Waals surface area contributed by atoms with E-state index in [-0.39, 0.29) is 12.0 Å². The predicted molar refractivity (Wildman–Crippen MR) is 78.3 cm³/mol. The Balaban J connectivity index is 3.02. The fourth-order valence-corrected chi connectivity index (χ4v) is 3.83. The first-order valence-corrected chi connectivity index (χ1v) is 9.95. The lowest BCUT2D eigenvalue weighted by Crippen LogP contribution is -2.33. The maximum Gasteiger partial charge on any atom is 0.0550 e. The summed E-state index contributed by atoms with van der Waals surface area (Å²) < 4.78 is 0. The third kappa shape index (κ3) is 3.68. The van der Waals surface area contributed by atoms with Crippen molar-refractivity contribution in [1.29, 1.82) is 0 Å². The molecule has 0 heterocycles. The van der Waals surface area contributed by atoms with Gasteiger partial charge in [-0.15, -0.1) is 0 Å². The van der Waals surface area contributed by atoms with E-state index in [9.17, 15) is 5.11 Å². The third-order valence-electron chi connectivity index (χ3n) is 3.41.